The summed E-state index contributed by atoms with van der Waals surface area (Å²) in [4.78, 5) is 0. The van der Waals surface area contributed by atoms with Crippen LogP contribution < -0.4 is 0 Å². The minimum absolute atomic E-state index is 0.0425. The van der Waals surface area contributed by atoms with E-state index in [2.05, 4.69) is 30.3 Å². The van der Waals surface area contributed by atoms with E-state index in [1.165, 1.54) is 0 Å². The Kier molecular flexibility index (Phi) is 4.53. The maximum absolute atomic E-state index is 9.52. The molecule has 9 aromatic carbocycles. The fourth-order valence-electron chi connectivity index (χ4n) is 7.37. The summed E-state index contributed by atoms with van der Waals surface area (Å²) in [5.74, 6) is 0. The van der Waals surface area contributed by atoms with Gasteiger partial charge in [0.2, 0.25) is 0 Å². The molecule has 0 aliphatic rings. The van der Waals surface area contributed by atoms with E-state index < -0.39 is 48.3 Å². The van der Waals surface area contributed by atoms with Crippen LogP contribution in [0, 0.1) is 0 Å². The molecule has 228 valence electrons. The Labute approximate surface area is 297 Å². The van der Waals surface area contributed by atoms with Gasteiger partial charge in [-0.1, -0.05) is 164 Å². The smallest absolute Gasteiger partial charge is 0.143 e. The summed E-state index contributed by atoms with van der Waals surface area (Å²) < 4.78 is 86.5. The molecule has 0 saturated carbocycles. The van der Waals surface area contributed by atoms with Crippen molar-refractivity contribution in [2.75, 3.05) is 0 Å². The van der Waals surface area contributed by atoms with Gasteiger partial charge in [-0.05, 0) is 89.6 Å². The highest BCUT2D eigenvalue weighted by Crippen LogP contribution is 2.49. The second kappa shape index (κ2) is 11.1. The molecule has 0 aliphatic carbocycles. The molecule has 0 aliphatic heterocycles. The van der Waals surface area contributed by atoms with Crippen LogP contribution in [-0.4, -0.2) is 0 Å². The average molecular weight is 632 g/mol. The first-order chi connectivity index (χ1) is 28.1. The van der Waals surface area contributed by atoms with Gasteiger partial charge in [0, 0.05) is 16.2 Å². The molecule has 0 amide bonds. The van der Waals surface area contributed by atoms with E-state index in [1.54, 1.807) is 0 Å². The van der Waals surface area contributed by atoms with Gasteiger partial charge < -0.3 is 4.42 Å². The van der Waals surface area contributed by atoms with Gasteiger partial charge in [-0.15, -0.1) is 0 Å². The zero-order valence-corrected chi connectivity index (χ0v) is 26.0. The molecule has 1 aromatic heterocycles. The lowest BCUT2D eigenvalue weighted by Gasteiger charge is -2.21. The fourth-order valence-corrected chi connectivity index (χ4v) is 7.37. The molecule has 0 atom stereocenters. The average Bonchev–Trinajstić information content (AvgIpc) is 3.65. The molecule has 49 heavy (non-hydrogen) atoms. The van der Waals surface area contributed by atoms with E-state index in [0.717, 1.165) is 60.2 Å². The zero-order chi connectivity index (χ0) is 40.1. The van der Waals surface area contributed by atoms with Crippen LogP contribution in [0.25, 0.3) is 98.8 Å². The van der Waals surface area contributed by atoms with E-state index in [1.807, 2.05) is 97.1 Å². The van der Waals surface area contributed by atoms with Crippen LogP contribution in [-0.2, 0) is 0 Å². The lowest BCUT2D eigenvalue weighted by Crippen LogP contribution is -1.93. The highest BCUT2D eigenvalue weighted by Gasteiger charge is 2.22. The summed E-state index contributed by atoms with van der Waals surface area (Å²) in [6, 6.07) is 37.1. The third kappa shape index (κ3) is 4.33. The van der Waals surface area contributed by atoms with Crippen LogP contribution in [0.3, 0.4) is 0 Å². The van der Waals surface area contributed by atoms with Crippen LogP contribution >= 0.6 is 0 Å². The molecule has 0 spiro atoms. The Bertz CT molecular complexity index is 3360. The van der Waals surface area contributed by atoms with Crippen molar-refractivity contribution in [1.29, 1.82) is 0 Å². The van der Waals surface area contributed by atoms with Crippen LogP contribution in [0.2, 0.25) is 0 Å². The van der Waals surface area contributed by atoms with Crippen LogP contribution in [0.4, 0.5) is 0 Å². The lowest BCUT2D eigenvalue weighted by molar-refractivity contribution is 0.673. The Morgan fingerprint density at radius 2 is 1.04 bits per heavy atom. The van der Waals surface area contributed by atoms with Crippen molar-refractivity contribution in [2.24, 2.45) is 0 Å². The number of furan rings is 1. The molecule has 0 bridgehead atoms. The molecule has 0 saturated heterocycles. The molecular weight excluding hydrogens is 593 g/mol. The van der Waals surface area contributed by atoms with E-state index in [0.29, 0.717) is 21.9 Å². The van der Waals surface area contributed by atoms with Gasteiger partial charge in [0.1, 0.15) is 11.2 Å². The summed E-state index contributed by atoms with van der Waals surface area (Å²) >= 11 is 0. The Balaban J connectivity index is 1.42. The molecule has 1 heterocycles. The van der Waals surface area contributed by atoms with Crippen molar-refractivity contribution in [2.45, 2.75) is 0 Å². The predicted octanol–water partition coefficient (Wildman–Crippen LogP) is 13.7. The number of hydrogen-bond donors (Lipinski definition) is 0. The Hall–Kier alpha value is -6.44. The molecule has 1 nitrogen and oxygen atoms in total. The lowest BCUT2D eigenvalue weighted by atomic mass is 9.82. The summed E-state index contributed by atoms with van der Waals surface area (Å²) in [5, 5.41) is 6.83. The third-order valence-electron chi connectivity index (χ3n) is 9.48. The van der Waals surface area contributed by atoms with Gasteiger partial charge in [0.15, 0.2) is 0 Å². The minimum Gasteiger partial charge on any atom is -0.455 e. The quantitative estimate of drug-likeness (QED) is 0.176. The van der Waals surface area contributed by atoms with E-state index >= 15 is 0 Å². The number of hydrogen-bond acceptors (Lipinski definition) is 1. The molecule has 0 N–H and O–H groups in total. The molecule has 0 radical (unpaired) electrons. The van der Waals surface area contributed by atoms with Crippen LogP contribution in [0.15, 0.2) is 186 Å². The molecular formula is C48H30O. The van der Waals surface area contributed by atoms with E-state index in [4.69, 9.17) is 14.0 Å². The van der Waals surface area contributed by atoms with Crippen molar-refractivity contribution in [1.82, 2.24) is 0 Å². The third-order valence-corrected chi connectivity index (χ3v) is 9.48. The summed E-state index contributed by atoms with van der Waals surface area (Å²) in [5.41, 5.74) is 5.12. The monoisotopic (exact) mass is 631 g/mol. The highest BCUT2D eigenvalue weighted by atomic mass is 16.3. The molecule has 0 fully saturated rings. The Morgan fingerprint density at radius 3 is 1.86 bits per heavy atom. The number of fused-ring (bicyclic) bond motifs is 7. The number of benzene rings is 9. The standard InChI is InChI=1S/C48H30O/c1-3-14-31(15-4-1)34-27-28-40-43(30-34)46(37-21-10-9-19-35(37)32-16-5-2-6-17-32)39-23-12-11-22-38(39)45(40)41-24-13-25-44-47(41)42-29-26-33-18-7-8-20-36(33)48(42)49-44/h1-30H/i2D,5D,6D,9D,10D,16D,17D,19D,21D. The molecule has 10 aromatic rings. The van der Waals surface area contributed by atoms with Crippen LogP contribution in [0.5, 0.6) is 0 Å². The van der Waals surface area contributed by atoms with Gasteiger partial charge >= 0.3 is 0 Å². The van der Waals surface area contributed by atoms with Gasteiger partial charge in [0.05, 0.1) is 12.3 Å². The first-order valence-electron chi connectivity index (χ1n) is 20.6. The van der Waals surface area contributed by atoms with Gasteiger partial charge in [-0.2, -0.15) is 0 Å². The maximum atomic E-state index is 9.52. The largest absolute Gasteiger partial charge is 0.455 e. The highest BCUT2D eigenvalue weighted by molar-refractivity contribution is 6.27. The first-order valence-corrected chi connectivity index (χ1v) is 16.1. The minimum atomic E-state index is -0.598. The molecule has 1 heteroatoms. The number of rotatable bonds is 4. The van der Waals surface area contributed by atoms with Gasteiger partial charge in [-0.3, -0.25) is 0 Å². The van der Waals surface area contributed by atoms with Crippen molar-refractivity contribution in [3.05, 3.63) is 182 Å². The van der Waals surface area contributed by atoms with Crippen molar-refractivity contribution in [3.8, 4) is 44.5 Å². The Morgan fingerprint density at radius 1 is 0.388 bits per heavy atom. The van der Waals surface area contributed by atoms with E-state index in [9.17, 15) is 2.74 Å². The van der Waals surface area contributed by atoms with Crippen molar-refractivity contribution >= 4 is 54.3 Å². The topological polar surface area (TPSA) is 13.1 Å². The summed E-state index contributed by atoms with van der Waals surface area (Å²) in [6.45, 7) is 0. The van der Waals surface area contributed by atoms with Gasteiger partial charge in [0.25, 0.3) is 0 Å². The van der Waals surface area contributed by atoms with Crippen LogP contribution in [0.1, 0.15) is 12.3 Å². The van der Waals surface area contributed by atoms with Gasteiger partial charge in [-0.25, -0.2) is 0 Å². The summed E-state index contributed by atoms with van der Waals surface area (Å²) in [6.07, 6.45) is 0. The second-order valence-corrected chi connectivity index (χ2v) is 12.1. The maximum Gasteiger partial charge on any atom is 0.143 e. The second-order valence-electron chi connectivity index (χ2n) is 12.1. The predicted molar refractivity (Wildman–Crippen MR) is 208 cm³/mol. The normalized spacial score (nSPS) is 14.2. The van der Waals surface area contributed by atoms with Crippen molar-refractivity contribution in [3.63, 3.8) is 0 Å². The molecule has 10 rings (SSSR count). The van der Waals surface area contributed by atoms with Crippen molar-refractivity contribution < 1.29 is 16.8 Å². The fraction of sp³-hybridized carbons (Fsp3) is 0. The zero-order valence-electron chi connectivity index (χ0n) is 35.0. The summed E-state index contributed by atoms with van der Waals surface area (Å²) in [7, 11) is 0. The SMILES string of the molecule is [2H]c1c([2H])c([2H])c(-c2c([2H])c([2H])c([2H])c([2H])c2-c2c3ccccc3c(-c3cccc4oc5c6ccccc6ccc5c34)c3ccc(-c4ccccc4)cc23)c([2H])c1[2H]. The van der Waals surface area contributed by atoms with E-state index in [-0.39, 0.29) is 22.7 Å². The molecule has 0 unspecified atom stereocenters. The first kappa shape index (κ1) is 20.0.